The molecule has 0 saturated heterocycles. The molecule has 1 nitrogen and oxygen atoms in total. The van der Waals surface area contributed by atoms with Crippen molar-refractivity contribution in [1.82, 2.24) is 0 Å². The summed E-state index contributed by atoms with van der Waals surface area (Å²) in [7, 11) is 0. The molecule has 0 amide bonds. The van der Waals surface area contributed by atoms with Gasteiger partial charge >= 0.3 is 0 Å². The van der Waals surface area contributed by atoms with Gasteiger partial charge in [-0.2, -0.15) is 0 Å². The maximum atomic E-state index is 11.0. The van der Waals surface area contributed by atoms with Crippen molar-refractivity contribution in [3.8, 4) is 0 Å². The van der Waals surface area contributed by atoms with Crippen molar-refractivity contribution in [2.45, 2.75) is 26.4 Å². The molecule has 6 aliphatic carbocycles. The van der Waals surface area contributed by atoms with Crippen molar-refractivity contribution in [2.24, 2.45) is 52.8 Å². The molecule has 1 heteroatoms. The van der Waals surface area contributed by atoms with E-state index in [9.17, 15) is 5.11 Å². The second-order valence-corrected chi connectivity index (χ2v) is 7.59. The van der Waals surface area contributed by atoms with Crippen LogP contribution >= 0.6 is 0 Å². The fourth-order valence-electron chi connectivity index (χ4n) is 6.81. The van der Waals surface area contributed by atoms with E-state index >= 15 is 0 Å². The van der Waals surface area contributed by atoms with Gasteiger partial charge in [0.15, 0.2) is 0 Å². The van der Waals surface area contributed by atoms with E-state index in [2.05, 4.69) is 20.8 Å². The smallest absolute Gasteiger partial charge is 0.0763 e. The van der Waals surface area contributed by atoms with Crippen LogP contribution in [0.25, 0.3) is 0 Å². The van der Waals surface area contributed by atoms with E-state index in [-0.39, 0.29) is 11.0 Å². The van der Waals surface area contributed by atoms with Crippen LogP contribution in [0.1, 0.15) is 20.8 Å². The molecule has 9 atom stereocenters. The van der Waals surface area contributed by atoms with Gasteiger partial charge in [-0.15, -0.1) is 0 Å². The molecule has 0 aromatic rings. The lowest BCUT2D eigenvalue weighted by molar-refractivity contribution is -0.379. The largest absolute Gasteiger partial charge is 0.389 e. The highest BCUT2D eigenvalue weighted by atomic mass is 16.3. The van der Waals surface area contributed by atoms with E-state index in [0.717, 1.165) is 47.3 Å². The zero-order valence-corrected chi connectivity index (χ0v) is 9.07. The van der Waals surface area contributed by atoms with Gasteiger partial charge in [0.1, 0.15) is 0 Å². The third-order valence-electron chi connectivity index (χ3n) is 6.99. The van der Waals surface area contributed by atoms with Gasteiger partial charge in [0.25, 0.3) is 0 Å². The lowest BCUT2D eigenvalue weighted by atomic mass is 9.20. The summed E-state index contributed by atoms with van der Waals surface area (Å²) in [5.41, 5.74) is -0.163. The Morgan fingerprint density at radius 2 is 1.14 bits per heavy atom. The second kappa shape index (κ2) is 1.43. The van der Waals surface area contributed by atoms with Crippen molar-refractivity contribution in [1.29, 1.82) is 0 Å². The van der Waals surface area contributed by atoms with Crippen molar-refractivity contribution >= 4 is 0 Å². The summed E-state index contributed by atoms with van der Waals surface area (Å²) in [6.45, 7) is 6.74. The molecule has 0 aromatic heterocycles. The maximum absolute atomic E-state index is 11.0. The third kappa shape index (κ3) is 0.340. The van der Waals surface area contributed by atoms with Crippen LogP contribution in [-0.2, 0) is 0 Å². The summed E-state index contributed by atoms with van der Waals surface area (Å²) in [5.74, 6) is 7.54. The maximum Gasteiger partial charge on any atom is 0.0763 e. The first kappa shape index (κ1) is 7.27. The minimum atomic E-state index is -0.277. The van der Waals surface area contributed by atoms with Crippen LogP contribution in [-0.4, -0.2) is 10.7 Å². The second-order valence-electron chi connectivity index (χ2n) is 7.59. The van der Waals surface area contributed by atoms with E-state index in [1.165, 1.54) is 0 Å². The van der Waals surface area contributed by atoms with Crippen LogP contribution in [0.2, 0.25) is 0 Å². The summed E-state index contributed by atoms with van der Waals surface area (Å²) in [4.78, 5) is 0. The van der Waals surface area contributed by atoms with E-state index in [4.69, 9.17) is 0 Å². The standard InChI is InChI=1S/C13H18O/c1-12(2,3)13(14)10-6-4-5-8(6)11(13)9(5)7(4)10/h4-11,14H,1-3H3/t4?,5?,6-,7-,8-,9+,10?,11?,13?/m0/s1. The molecule has 6 rings (SSSR count). The molecule has 2 bridgehead atoms. The van der Waals surface area contributed by atoms with Crippen LogP contribution in [0.3, 0.4) is 0 Å². The summed E-state index contributed by atoms with van der Waals surface area (Å²) >= 11 is 0. The predicted molar refractivity (Wildman–Crippen MR) is 52.3 cm³/mol. The van der Waals surface area contributed by atoms with E-state index in [1.807, 2.05) is 0 Å². The molecule has 0 heterocycles. The lowest BCUT2D eigenvalue weighted by Gasteiger charge is -2.84. The molecule has 0 radical (unpaired) electrons. The van der Waals surface area contributed by atoms with Gasteiger partial charge in [0, 0.05) is 0 Å². The van der Waals surface area contributed by atoms with E-state index in [1.54, 1.807) is 0 Å². The topological polar surface area (TPSA) is 20.2 Å². The number of rotatable bonds is 0. The first-order valence-electron chi connectivity index (χ1n) is 6.22. The van der Waals surface area contributed by atoms with Gasteiger partial charge in [-0.25, -0.2) is 0 Å². The van der Waals surface area contributed by atoms with Crippen LogP contribution < -0.4 is 0 Å². The normalized spacial score (nSPS) is 79.7. The van der Waals surface area contributed by atoms with Gasteiger partial charge in [-0.05, 0) is 52.8 Å². The Labute approximate surface area is 84.9 Å². The minimum Gasteiger partial charge on any atom is -0.389 e. The molecule has 76 valence electrons. The molecule has 0 aliphatic heterocycles. The van der Waals surface area contributed by atoms with Crippen LogP contribution in [0, 0.1) is 52.8 Å². The van der Waals surface area contributed by atoms with Gasteiger partial charge < -0.3 is 5.11 Å². The zero-order valence-electron chi connectivity index (χ0n) is 9.07. The lowest BCUT2D eigenvalue weighted by Crippen LogP contribution is -2.81. The van der Waals surface area contributed by atoms with Crippen molar-refractivity contribution < 1.29 is 5.11 Å². The summed E-state index contributed by atoms with van der Waals surface area (Å²) in [5, 5.41) is 11.0. The molecule has 0 aromatic carbocycles. The van der Waals surface area contributed by atoms with Gasteiger partial charge in [-0.1, -0.05) is 20.8 Å². The fraction of sp³-hybridized carbons (Fsp3) is 1.00. The van der Waals surface area contributed by atoms with Crippen molar-refractivity contribution in [2.75, 3.05) is 0 Å². The molecule has 1 N–H and O–H groups in total. The monoisotopic (exact) mass is 190 g/mol. The molecule has 14 heavy (non-hydrogen) atoms. The zero-order chi connectivity index (χ0) is 9.62. The summed E-state index contributed by atoms with van der Waals surface area (Å²) in [6.07, 6.45) is 0. The van der Waals surface area contributed by atoms with Crippen LogP contribution in [0.5, 0.6) is 0 Å². The quantitative estimate of drug-likeness (QED) is 0.617. The fourth-order valence-corrected chi connectivity index (χ4v) is 6.81. The highest BCUT2D eigenvalue weighted by molar-refractivity contribution is 5.44. The average molecular weight is 190 g/mol. The molecule has 6 aliphatic rings. The highest BCUT2D eigenvalue weighted by Crippen LogP contribution is 2.97. The Morgan fingerprint density at radius 3 is 1.43 bits per heavy atom. The Balaban J connectivity index is 1.72. The van der Waals surface area contributed by atoms with Gasteiger partial charge in [0.2, 0.25) is 0 Å². The van der Waals surface area contributed by atoms with Gasteiger partial charge in [-0.3, -0.25) is 0 Å². The highest BCUT2D eigenvalue weighted by Gasteiger charge is 2.97. The molecular weight excluding hydrogens is 172 g/mol. The summed E-state index contributed by atoms with van der Waals surface area (Å²) < 4.78 is 0. The first-order chi connectivity index (χ1) is 6.49. The summed E-state index contributed by atoms with van der Waals surface area (Å²) in [6, 6.07) is 0. The minimum absolute atomic E-state index is 0.114. The Bertz CT molecular complexity index is 320. The molecule has 0 spiro atoms. The molecule has 6 fully saturated rings. The Hall–Kier alpha value is -0.0400. The Morgan fingerprint density at radius 1 is 0.786 bits per heavy atom. The SMILES string of the molecule is CC(C)(C)C1(O)C2[C@H]3C4C5[C@@H]3C1[C@H]5[C@H]42. The Kier molecular flexibility index (Phi) is 0.744. The number of hydrogen-bond acceptors (Lipinski definition) is 1. The number of aliphatic hydroxyl groups is 1. The third-order valence-corrected chi connectivity index (χ3v) is 6.99. The number of hydrogen-bond donors (Lipinski definition) is 1. The van der Waals surface area contributed by atoms with E-state index in [0.29, 0.717) is 0 Å². The molecule has 5 unspecified atom stereocenters. The van der Waals surface area contributed by atoms with Gasteiger partial charge in [0.05, 0.1) is 5.60 Å². The first-order valence-corrected chi connectivity index (χ1v) is 6.22. The predicted octanol–water partition coefficient (Wildman–Crippen LogP) is 1.76. The molecule has 6 saturated carbocycles. The van der Waals surface area contributed by atoms with Crippen molar-refractivity contribution in [3.63, 3.8) is 0 Å². The average Bonchev–Trinajstić information content (AvgIpc) is 2.29. The molecular formula is C13H18O. The van der Waals surface area contributed by atoms with E-state index < -0.39 is 0 Å². The van der Waals surface area contributed by atoms with Crippen LogP contribution in [0.15, 0.2) is 0 Å². The van der Waals surface area contributed by atoms with Crippen molar-refractivity contribution in [3.05, 3.63) is 0 Å². The van der Waals surface area contributed by atoms with Crippen LogP contribution in [0.4, 0.5) is 0 Å².